The van der Waals surface area contributed by atoms with Crippen molar-refractivity contribution in [3.63, 3.8) is 0 Å². The Morgan fingerprint density at radius 3 is 1.62 bits per heavy atom. The second-order valence-corrected chi connectivity index (χ2v) is 11.4. The molecular formula is C11H25O3PS. The zero-order valence-corrected chi connectivity index (χ0v) is 13.2. The Bertz CT molecular complexity index is 295. The molecular weight excluding hydrogens is 243 g/mol. The summed E-state index contributed by atoms with van der Waals surface area (Å²) in [6.45, 7) is 14.0. The summed E-state index contributed by atoms with van der Waals surface area (Å²) in [5, 5.41) is -0.261. The van der Waals surface area contributed by atoms with E-state index in [-0.39, 0.29) is 16.1 Å². The van der Waals surface area contributed by atoms with Crippen molar-refractivity contribution in [3.8, 4) is 0 Å². The molecule has 0 aromatic rings. The minimum Gasteiger partial charge on any atom is -0.247 e. The van der Waals surface area contributed by atoms with Crippen molar-refractivity contribution in [1.29, 1.82) is 0 Å². The van der Waals surface area contributed by atoms with Gasteiger partial charge in [-0.05, 0) is 6.42 Å². The third kappa shape index (κ3) is 5.60. The van der Waals surface area contributed by atoms with Crippen molar-refractivity contribution in [2.75, 3.05) is 5.75 Å². The second-order valence-electron chi connectivity index (χ2n) is 5.97. The topological polar surface area (TPSA) is 43.4 Å². The van der Waals surface area contributed by atoms with Gasteiger partial charge in [-0.3, -0.25) is 0 Å². The minimum absolute atomic E-state index is 0.109. The van der Waals surface area contributed by atoms with Gasteiger partial charge in [0.2, 0.25) is 0 Å². The first-order chi connectivity index (χ1) is 6.90. The normalized spacial score (nSPS) is 14.5. The molecule has 0 aromatic carbocycles. The van der Waals surface area contributed by atoms with Gasteiger partial charge in [-0.2, -0.15) is 8.42 Å². The van der Waals surface area contributed by atoms with Gasteiger partial charge in [-0.1, -0.05) is 48.5 Å². The second kappa shape index (κ2) is 5.32. The lowest BCUT2D eigenvalue weighted by Gasteiger charge is -2.39. The molecule has 98 valence electrons. The van der Waals surface area contributed by atoms with E-state index in [1.165, 1.54) is 0 Å². The van der Waals surface area contributed by atoms with E-state index in [0.29, 0.717) is 6.42 Å². The van der Waals surface area contributed by atoms with Crippen molar-refractivity contribution in [2.45, 2.75) is 65.2 Å². The molecule has 0 spiro atoms. The molecule has 0 bridgehead atoms. The van der Waals surface area contributed by atoms with Crippen LogP contribution in [0.5, 0.6) is 0 Å². The molecule has 3 nitrogen and oxygen atoms in total. The number of rotatable bonds is 4. The van der Waals surface area contributed by atoms with Gasteiger partial charge in [0.15, 0.2) is 0 Å². The lowest BCUT2D eigenvalue weighted by atomic mass is 10.2. The zero-order valence-electron chi connectivity index (χ0n) is 11.5. The third-order valence-corrected chi connectivity index (χ3v) is 6.71. The fraction of sp³-hybridized carbons (Fsp3) is 1.00. The molecule has 0 aliphatic rings. The Balaban J connectivity index is 4.99. The van der Waals surface area contributed by atoms with Gasteiger partial charge in [0.25, 0.3) is 10.1 Å². The molecule has 0 amide bonds. The van der Waals surface area contributed by atoms with E-state index in [0.717, 1.165) is 0 Å². The predicted molar refractivity (Wildman–Crippen MR) is 71.6 cm³/mol. The molecule has 0 aromatic heterocycles. The SMILES string of the molecule is CCCS(=O)(=O)OP(C(C)(C)C)C(C)(C)C. The maximum absolute atomic E-state index is 11.7. The van der Waals surface area contributed by atoms with Crippen molar-refractivity contribution >= 4 is 18.3 Å². The first-order valence-corrected chi connectivity index (χ1v) is 8.46. The van der Waals surface area contributed by atoms with Crippen LogP contribution in [0, 0.1) is 0 Å². The Morgan fingerprint density at radius 2 is 1.38 bits per heavy atom. The Kier molecular flexibility index (Phi) is 5.44. The molecule has 0 N–H and O–H groups in total. The number of hydrogen-bond donors (Lipinski definition) is 0. The molecule has 0 aliphatic carbocycles. The summed E-state index contributed by atoms with van der Waals surface area (Å²) in [5.74, 6) is 0.109. The van der Waals surface area contributed by atoms with Crippen LogP contribution in [0.4, 0.5) is 0 Å². The van der Waals surface area contributed by atoms with Gasteiger partial charge in [-0.25, -0.2) is 3.97 Å². The summed E-state index contributed by atoms with van der Waals surface area (Å²) in [6, 6.07) is 0. The first kappa shape index (κ1) is 16.3. The summed E-state index contributed by atoms with van der Waals surface area (Å²) in [5.41, 5.74) is 0. The van der Waals surface area contributed by atoms with Crippen LogP contribution in [-0.2, 0) is 14.1 Å². The fourth-order valence-electron chi connectivity index (χ4n) is 1.63. The quantitative estimate of drug-likeness (QED) is 0.729. The van der Waals surface area contributed by atoms with Gasteiger partial charge >= 0.3 is 0 Å². The highest BCUT2D eigenvalue weighted by atomic mass is 32.2. The van der Waals surface area contributed by atoms with Crippen LogP contribution in [0.3, 0.4) is 0 Å². The average molecular weight is 268 g/mol. The van der Waals surface area contributed by atoms with Gasteiger partial charge in [-0.15, -0.1) is 0 Å². The van der Waals surface area contributed by atoms with E-state index in [1.807, 2.05) is 48.5 Å². The van der Waals surface area contributed by atoms with Crippen LogP contribution in [0.15, 0.2) is 0 Å². The van der Waals surface area contributed by atoms with Gasteiger partial charge in [0.1, 0.15) is 0 Å². The van der Waals surface area contributed by atoms with E-state index >= 15 is 0 Å². The van der Waals surface area contributed by atoms with E-state index in [2.05, 4.69) is 0 Å². The molecule has 0 fully saturated rings. The van der Waals surface area contributed by atoms with Crippen LogP contribution < -0.4 is 0 Å². The van der Waals surface area contributed by atoms with Crippen LogP contribution in [0.25, 0.3) is 0 Å². The highest BCUT2D eigenvalue weighted by molar-refractivity contribution is 7.91. The summed E-state index contributed by atoms with van der Waals surface area (Å²) in [6.07, 6.45) is 0.597. The predicted octanol–water partition coefficient (Wildman–Crippen LogP) is 3.74. The molecule has 0 atom stereocenters. The van der Waals surface area contributed by atoms with E-state index in [9.17, 15) is 8.42 Å². The van der Waals surface area contributed by atoms with Crippen molar-refractivity contribution in [1.82, 2.24) is 0 Å². The van der Waals surface area contributed by atoms with Crippen LogP contribution in [0.1, 0.15) is 54.9 Å². The molecule has 0 radical (unpaired) electrons. The molecule has 16 heavy (non-hydrogen) atoms. The zero-order chi connectivity index (χ0) is 13.2. The molecule has 5 heteroatoms. The van der Waals surface area contributed by atoms with Gasteiger partial charge in [0.05, 0.1) is 13.9 Å². The maximum Gasteiger partial charge on any atom is 0.270 e. The third-order valence-electron chi connectivity index (χ3n) is 1.86. The summed E-state index contributed by atoms with van der Waals surface area (Å²) in [4.78, 5) is 0. The molecule has 0 unspecified atom stereocenters. The Morgan fingerprint density at radius 1 is 1.00 bits per heavy atom. The van der Waals surface area contributed by atoms with Crippen molar-refractivity contribution < 1.29 is 12.4 Å². The fourth-order valence-corrected chi connectivity index (χ4v) is 7.14. The first-order valence-electron chi connectivity index (χ1n) is 5.63. The summed E-state index contributed by atoms with van der Waals surface area (Å²) < 4.78 is 28.9. The molecule has 0 rings (SSSR count). The Hall–Kier alpha value is 0.340. The van der Waals surface area contributed by atoms with Gasteiger partial charge in [0, 0.05) is 10.3 Å². The van der Waals surface area contributed by atoms with Crippen molar-refractivity contribution in [3.05, 3.63) is 0 Å². The lowest BCUT2D eigenvalue weighted by molar-refractivity contribution is 0.481. The van der Waals surface area contributed by atoms with Crippen molar-refractivity contribution in [2.24, 2.45) is 0 Å². The van der Waals surface area contributed by atoms with Crippen LogP contribution in [-0.4, -0.2) is 24.5 Å². The molecule has 0 aliphatic heterocycles. The lowest BCUT2D eigenvalue weighted by Crippen LogP contribution is -2.28. The Labute approximate surface area is 102 Å². The van der Waals surface area contributed by atoms with Crippen LogP contribution >= 0.6 is 8.15 Å². The van der Waals surface area contributed by atoms with E-state index in [4.69, 9.17) is 3.97 Å². The van der Waals surface area contributed by atoms with E-state index in [1.54, 1.807) is 0 Å². The monoisotopic (exact) mass is 268 g/mol. The standard InChI is InChI=1S/C11H25O3PS/c1-8-9-16(12,13)14-15(10(2,3)4)11(5,6)7/h8-9H2,1-7H3. The summed E-state index contributed by atoms with van der Waals surface area (Å²) >= 11 is 0. The minimum atomic E-state index is -3.37. The van der Waals surface area contributed by atoms with Crippen LogP contribution in [0.2, 0.25) is 0 Å². The molecule has 0 saturated heterocycles. The highest BCUT2D eigenvalue weighted by Crippen LogP contribution is 2.60. The number of hydrogen-bond acceptors (Lipinski definition) is 3. The van der Waals surface area contributed by atoms with E-state index < -0.39 is 18.3 Å². The largest absolute Gasteiger partial charge is 0.270 e. The van der Waals surface area contributed by atoms with Gasteiger partial charge < -0.3 is 0 Å². The highest BCUT2D eigenvalue weighted by Gasteiger charge is 2.39. The maximum atomic E-state index is 11.7. The smallest absolute Gasteiger partial charge is 0.247 e. The summed E-state index contributed by atoms with van der Waals surface area (Å²) in [7, 11) is -4.40. The average Bonchev–Trinajstić information content (AvgIpc) is 1.96. The molecule has 0 heterocycles. The molecule has 0 saturated carbocycles.